The predicted octanol–water partition coefficient (Wildman–Crippen LogP) is 6.11. The van der Waals surface area contributed by atoms with E-state index in [0.717, 1.165) is 5.39 Å². The number of hydrogen-bond acceptors (Lipinski definition) is 3. The molecule has 0 spiro atoms. The van der Waals surface area contributed by atoms with Crippen molar-refractivity contribution in [3.63, 3.8) is 0 Å². The topological polar surface area (TPSA) is 50.4 Å². The third kappa shape index (κ3) is 2.93. The van der Waals surface area contributed by atoms with Crippen LogP contribution in [0.25, 0.3) is 11.0 Å². The molecule has 3 nitrogen and oxygen atoms in total. The molecule has 0 radical (unpaired) electrons. The van der Waals surface area contributed by atoms with Crippen molar-refractivity contribution in [2.24, 2.45) is 0 Å². The van der Waals surface area contributed by atoms with Gasteiger partial charge in [-0.3, -0.25) is 4.79 Å². The first-order valence-electron chi connectivity index (χ1n) is 6.86. The van der Waals surface area contributed by atoms with E-state index in [-0.39, 0.29) is 11.5 Å². The van der Waals surface area contributed by atoms with Crippen LogP contribution < -0.4 is 0 Å². The van der Waals surface area contributed by atoms with E-state index in [2.05, 4.69) is 31.9 Å². The molecular weight excluding hydrogens is 447 g/mol. The number of benzene rings is 2. The van der Waals surface area contributed by atoms with Gasteiger partial charge in [0.25, 0.3) is 0 Å². The lowest BCUT2D eigenvalue weighted by atomic mass is 9.99. The molecule has 0 fully saturated rings. The van der Waals surface area contributed by atoms with Gasteiger partial charge in [0, 0.05) is 28.5 Å². The summed E-state index contributed by atoms with van der Waals surface area (Å²) >= 11 is 12.5. The van der Waals surface area contributed by atoms with Crippen molar-refractivity contribution in [2.45, 2.75) is 13.3 Å². The second kappa shape index (κ2) is 6.30. The third-order valence-electron chi connectivity index (χ3n) is 3.55. The molecule has 0 unspecified atom stereocenters. The number of phenols is 1. The van der Waals surface area contributed by atoms with Gasteiger partial charge in [-0.25, -0.2) is 0 Å². The van der Waals surface area contributed by atoms with Gasteiger partial charge in [0.2, 0.25) is 0 Å². The van der Waals surface area contributed by atoms with E-state index in [1.807, 2.05) is 6.92 Å². The molecule has 1 heterocycles. The van der Waals surface area contributed by atoms with Gasteiger partial charge in [-0.2, -0.15) is 0 Å². The largest absolute Gasteiger partial charge is 0.506 e. The summed E-state index contributed by atoms with van der Waals surface area (Å²) in [6.07, 6.45) is 0.591. The number of fused-ring (bicyclic) bond motifs is 1. The first-order valence-corrected chi connectivity index (χ1v) is 8.82. The molecule has 0 atom stereocenters. The van der Waals surface area contributed by atoms with Gasteiger partial charge in [-0.15, -0.1) is 0 Å². The van der Waals surface area contributed by atoms with Gasteiger partial charge in [0.1, 0.15) is 17.1 Å². The van der Waals surface area contributed by atoms with E-state index in [9.17, 15) is 9.90 Å². The number of hydrogen-bond donors (Lipinski definition) is 1. The average molecular weight is 459 g/mol. The molecule has 6 heteroatoms. The Morgan fingerprint density at radius 3 is 2.48 bits per heavy atom. The molecule has 0 saturated carbocycles. The highest BCUT2D eigenvalue weighted by Crippen LogP contribution is 2.36. The van der Waals surface area contributed by atoms with Gasteiger partial charge < -0.3 is 9.52 Å². The summed E-state index contributed by atoms with van der Waals surface area (Å²) in [5, 5.41) is 11.1. The lowest BCUT2D eigenvalue weighted by molar-refractivity contribution is 0.103. The molecule has 1 aromatic heterocycles. The van der Waals surface area contributed by atoms with Crippen LogP contribution in [0.2, 0.25) is 5.02 Å². The number of aromatic hydroxyl groups is 1. The Kier molecular flexibility index (Phi) is 4.54. The summed E-state index contributed by atoms with van der Waals surface area (Å²) in [5.41, 5.74) is 1.58. The lowest BCUT2D eigenvalue weighted by Gasteiger charge is -2.06. The second-order valence-corrected chi connectivity index (χ2v) is 7.16. The number of furan rings is 1. The molecule has 0 amide bonds. The van der Waals surface area contributed by atoms with Gasteiger partial charge in [-0.05, 0) is 56.1 Å². The van der Waals surface area contributed by atoms with Gasteiger partial charge in [0.15, 0.2) is 5.78 Å². The zero-order valence-corrected chi connectivity index (χ0v) is 15.9. The Morgan fingerprint density at radius 1 is 1.22 bits per heavy atom. The number of carbonyl (C=O) groups excluding carboxylic acids is 1. The Bertz CT molecular complexity index is 908. The van der Waals surface area contributed by atoms with Crippen molar-refractivity contribution in [1.29, 1.82) is 0 Å². The minimum absolute atomic E-state index is 0.0566. The minimum atomic E-state index is -0.163. The monoisotopic (exact) mass is 456 g/mol. The Morgan fingerprint density at radius 2 is 1.87 bits per heavy atom. The molecule has 118 valence electrons. The highest BCUT2D eigenvalue weighted by molar-refractivity contribution is 9.11. The number of phenolic OH excluding ortho intramolecular Hbond substituents is 1. The van der Waals surface area contributed by atoms with E-state index in [4.69, 9.17) is 16.0 Å². The molecule has 0 aliphatic rings. The molecule has 0 bridgehead atoms. The number of carbonyl (C=O) groups is 1. The van der Waals surface area contributed by atoms with Crippen LogP contribution in [0.5, 0.6) is 5.75 Å². The fourth-order valence-corrected chi connectivity index (χ4v) is 3.81. The predicted molar refractivity (Wildman–Crippen MR) is 97.5 cm³/mol. The van der Waals surface area contributed by atoms with Crippen molar-refractivity contribution in [2.75, 3.05) is 0 Å². The Labute approximate surface area is 154 Å². The van der Waals surface area contributed by atoms with Crippen molar-refractivity contribution in [3.8, 4) is 5.75 Å². The number of halogens is 3. The third-order valence-corrected chi connectivity index (χ3v) is 5.00. The second-order valence-electron chi connectivity index (χ2n) is 5.01. The van der Waals surface area contributed by atoms with E-state index < -0.39 is 0 Å². The molecule has 3 aromatic rings. The summed E-state index contributed by atoms with van der Waals surface area (Å²) < 4.78 is 6.67. The molecular formula is C17H11Br2ClO3. The molecule has 0 saturated heterocycles. The van der Waals surface area contributed by atoms with Crippen molar-refractivity contribution >= 4 is 60.2 Å². The SMILES string of the molecule is CCc1oc2cc(Cl)ccc2c1C(=O)c1cc(Br)c(O)c(Br)c1. The first kappa shape index (κ1) is 16.6. The van der Waals surface area contributed by atoms with E-state index in [1.54, 1.807) is 30.3 Å². The van der Waals surface area contributed by atoms with Crippen molar-refractivity contribution in [1.82, 2.24) is 0 Å². The van der Waals surface area contributed by atoms with Crippen LogP contribution in [0.1, 0.15) is 28.6 Å². The number of ketones is 1. The minimum Gasteiger partial charge on any atom is -0.506 e. The van der Waals surface area contributed by atoms with Crippen LogP contribution >= 0.6 is 43.5 Å². The maximum absolute atomic E-state index is 13.0. The van der Waals surface area contributed by atoms with E-state index in [1.165, 1.54) is 0 Å². The molecule has 1 N–H and O–H groups in total. The zero-order valence-electron chi connectivity index (χ0n) is 12.0. The van der Waals surface area contributed by atoms with Crippen LogP contribution in [-0.2, 0) is 6.42 Å². The number of rotatable bonds is 3. The standard InChI is InChI=1S/C17H11Br2ClO3/c1-2-13-15(10-4-3-9(20)7-14(10)23-13)16(21)8-5-11(18)17(22)12(19)6-8/h3-7,22H,2H2,1H3. The Balaban J connectivity index is 2.21. The van der Waals surface area contributed by atoms with Crippen LogP contribution in [0, 0.1) is 0 Å². The van der Waals surface area contributed by atoms with Crippen LogP contribution in [0.4, 0.5) is 0 Å². The molecule has 0 aliphatic carbocycles. The summed E-state index contributed by atoms with van der Waals surface area (Å²) in [4.78, 5) is 13.0. The van der Waals surface area contributed by atoms with Gasteiger partial charge in [0.05, 0.1) is 14.5 Å². The smallest absolute Gasteiger partial charge is 0.197 e. The highest BCUT2D eigenvalue weighted by atomic mass is 79.9. The summed E-state index contributed by atoms with van der Waals surface area (Å²) in [7, 11) is 0. The quantitative estimate of drug-likeness (QED) is 0.482. The molecule has 2 aromatic carbocycles. The van der Waals surface area contributed by atoms with E-state index in [0.29, 0.717) is 42.9 Å². The Hall–Kier alpha value is -1.30. The fraction of sp³-hybridized carbons (Fsp3) is 0.118. The van der Waals surface area contributed by atoms with Crippen LogP contribution in [-0.4, -0.2) is 10.9 Å². The van der Waals surface area contributed by atoms with Gasteiger partial charge >= 0.3 is 0 Å². The normalized spacial score (nSPS) is 11.1. The van der Waals surface area contributed by atoms with Crippen molar-refractivity contribution < 1.29 is 14.3 Å². The summed E-state index contributed by atoms with van der Waals surface area (Å²) in [5.74, 6) is 0.512. The zero-order chi connectivity index (χ0) is 16.7. The average Bonchev–Trinajstić information content (AvgIpc) is 2.88. The van der Waals surface area contributed by atoms with E-state index >= 15 is 0 Å². The highest BCUT2D eigenvalue weighted by Gasteiger charge is 2.22. The van der Waals surface area contributed by atoms with Crippen LogP contribution in [0.3, 0.4) is 0 Å². The molecule has 3 rings (SSSR count). The lowest BCUT2D eigenvalue weighted by Crippen LogP contribution is -2.03. The molecule has 0 aliphatic heterocycles. The summed E-state index contributed by atoms with van der Waals surface area (Å²) in [6, 6.07) is 8.42. The summed E-state index contributed by atoms with van der Waals surface area (Å²) in [6.45, 7) is 1.93. The maximum Gasteiger partial charge on any atom is 0.197 e. The maximum atomic E-state index is 13.0. The fourth-order valence-electron chi connectivity index (χ4n) is 2.46. The van der Waals surface area contributed by atoms with Crippen LogP contribution in [0.15, 0.2) is 43.7 Å². The first-order chi connectivity index (χ1) is 10.9. The van der Waals surface area contributed by atoms with Crippen molar-refractivity contribution in [3.05, 3.63) is 61.2 Å². The van der Waals surface area contributed by atoms with Gasteiger partial charge in [-0.1, -0.05) is 18.5 Å². The molecule has 23 heavy (non-hydrogen) atoms. The number of aryl methyl sites for hydroxylation is 1.